The van der Waals surface area contributed by atoms with Crippen molar-refractivity contribution in [1.29, 1.82) is 0 Å². The topological polar surface area (TPSA) is 41.0 Å². The first kappa shape index (κ1) is 9.40. The highest BCUT2D eigenvalue weighted by molar-refractivity contribution is 5.39. The van der Waals surface area contributed by atoms with Crippen LogP contribution in [0.1, 0.15) is 12.2 Å². The lowest BCUT2D eigenvalue weighted by Gasteiger charge is -2.17. The number of nitrogens with zero attached hydrogens (tertiary/aromatic N) is 3. The molecule has 0 saturated carbocycles. The van der Waals surface area contributed by atoms with Gasteiger partial charge in [-0.25, -0.2) is 9.97 Å². The fourth-order valence-corrected chi connectivity index (χ4v) is 1.82. The quantitative estimate of drug-likeness (QED) is 0.744. The van der Waals surface area contributed by atoms with Crippen LogP contribution in [-0.2, 0) is 0 Å². The highest BCUT2D eigenvalue weighted by atomic mass is 15.2. The van der Waals surface area contributed by atoms with E-state index in [0.717, 1.165) is 24.7 Å². The van der Waals surface area contributed by atoms with Crippen LogP contribution in [0, 0.1) is 6.92 Å². The van der Waals surface area contributed by atoms with Crippen LogP contribution in [0.15, 0.2) is 12.3 Å². The first-order valence-electron chi connectivity index (χ1n) is 5.01. The zero-order chi connectivity index (χ0) is 9.97. The molecule has 1 unspecified atom stereocenters. The van der Waals surface area contributed by atoms with E-state index in [1.165, 1.54) is 6.42 Å². The van der Waals surface area contributed by atoms with Gasteiger partial charge in [0, 0.05) is 25.3 Å². The molecule has 1 aromatic heterocycles. The highest BCUT2D eigenvalue weighted by Crippen LogP contribution is 2.17. The van der Waals surface area contributed by atoms with Gasteiger partial charge >= 0.3 is 0 Å². The number of hydrogen-bond acceptors (Lipinski definition) is 4. The molecule has 0 spiro atoms. The van der Waals surface area contributed by atoms with Crippen LogP contribution in [0.3, 0.4) is 0 Å². The molecular weight excluding hydrogens is 176 g/mol. The fourth-order valence-electron chi connectivity index (χ4n) is 1.82. The molecule has 2 rings (SSSR count). The Bertz CT molecular complexity index is 313. The van der Waals surface area contributed by atoms with Gasteiger partial charge in [-0.3, -0.25) is 0 Å². The minimum Gasteiger partial charge on any atom is -0.355 e. The molecule has 1 aliphatic heterocycles. The molecule has 1 atom stereocenters. The molecule has 4 nitrogen and oxygen atoms in total. The number of hydrogen-bond donors (Lipinski definition) is 1. The minimum absolute atomic E-state index is 0.602. The van der Waals surface area contributed by atoms with Crippen molar-refractivity contribution >= 4 is 5.82 Å². The third-order valence-electron chi connectivity index (χ3n) is 2.68. The second kappa shape index (κ2) is 3.92. The van der Waals surface area contributed by atoms with Gasteiger partial charge in [-0.15, -0.1) is 0 Å². The number of aryl methyl sites for hydroxylation is 1. The van der Waals surface area contributed by atoms with Crippen LogP contribution >= 0.6 is 0 Å². The summed E-state index contributed by atoms with van der Waals surface area (Å²) in [4.78, 5) is 10.8. The van der Waals surface area contributed by atoms with E-state index >= 15 is 0 Å². The molecule has 1 saturated heterocycles. The number of aromatic nitrogens is 2. The zero-order valence-corrected chi connectivity index (χ0v) is 8.70. The van der Waals surface area contributed by atoms with Gasteiger partial charge in [0.05, 0.1) is 0 Å². The average molecular weight is 192 g/mol. The van der Waals surface area contributed by atoms with Crippen LogP contribution in [0.4, 0.5) is 5.82 Å². The number of likely N-dealkylation sites (N-methyl/N-ethyl adjacent to an activating group) is 1. The van der Waals surface area contributed by atoms with E-state index in [-0.39, 0.29) is 0 Å². The largest absolute Gasteiger partial charge is 0.355 e. The van der Waals surface area contributed by atoms with Crippen molar-refractivity contribution < 1.29 is 0 Å². The summed E-state index contributed by atoms with van der Waals surface area (Å²) >= 11 is 0. The van der Waals surface area contributed by atoms with Crippen molar-refractivity contribution in [3.05, 3.63) is 18.1 Å². The van der Waals surface area contributed by atoms with Crippen molar-refractivity contribution in [2.75, 3.05) is 25.0 Å². The predicted octanol–water partition coefficient (Wildman–Crippen LogP) is 0.583. The maximum absolute atomic E-state index is 4.41. The molecule has 1 N–H and O–H groups in total. The highest BCUT2D eigenvalue weighted by Gasteiger charge is 2.21. The van der Waals surface area contributed by atoms with Crippen LogP contribution < -0.4 is 10.2 Å². The van der Waals surface area contributed by atoms with E-state index in [9.17, 15) is 0 Å². The first-order valence-corrected chi connectivity index (χ1v) is 5.01. The SMILES string of the molecule is CNC1CCN(c2ccnc(C)n2)C1. The van der Waals surface area contributed by atoms with Crippen molar-refractivity contribution in [2.45, 2.75) is 19.4 Å². The van der Waals surface area contributed by atoms with E-state index in [2.05, 4.69) is 20.2 Å². The van der Waals surface area contributed by atoms with E-state index in [0.29, 0.717) is 6.04 Å². The Balaban J connectivity index is 2.09. The van der Waals surface area contributed by atoms with Gasteiger partial charge in [0.15, 0.2) is 0 Å². The summed E-state index contributed by atoms with van der Waals surface area (Å²) < 4.78 is 0. The van der Waals surface area contributed by atoms with Crippen LogP contribution in [0.5, 0.6) is 0 Å². The summed E-state index contributed by atoms with van der Waals surface area (Å²) in [6, 6.07) is 2.58. The molecule has 0 bridgehead atoms. The molecular formula is C10H16N4. The second-order valence-electron chi connectivity index (χ2n) is 3.68. The molecule has 0 amide bonds. The molecule has 0 aliphatic carbocycles. The van der Waals surface area contributed by atoms with Crippen LogP contribution in [0.2, 0.25) is 0 Å². The third-order valence-corrected chi connectivity index (χ3v) is 2.68. The Morgan fingerprint density at radius 3 is 3.07 bits per heavy atom. The molecule has 76 valence electrons. The summed E-state index contributed by atoms with van der Waals surface area (Å²) in [7, 11) is 2.01. The predicted molar refractivity (Wildman–Crippen MR) is 56.4 cm³/mol. The van der Waals surface area contributed by atoms with Crippen molar-refractivity contribution in [3.63, 3.8) is 0 Å². The van der Waals surface area contributed by atoms with E-state index in [4.69, 9.17) is 0 Å². The summed E-state index contributed by atoms with van der Waals surface area (Å²) in [6.45, 7) is 4.06. The Labute approximate surface area is 84.4 Å². The van der Waals surface area contributed by atoms with Gasteiger partial charge in [0.2, 0.25) is 0 Å². The fraction of sp³-hybridized carbons (Fsp3) is 0.600. The minimum atomic E-state index is 0.602. The lowest BCUT2D eigenvalue weighted by Crippen LogP contribution is -2.29. The van der Waals surface area contributed by atoms with Gasteiger partial charge < -0.3 is 10.2 Å². The van der Waals surface area contributed by atoms with Crippen LogP contribution in [0.25, 0.3) is 0 Å². The number of anilines is 1. The lowest BCUT2D eigenvalue weighted by molar-refractivity contribution is 0.616. The Morgan fingerprint density at radius 2 is 2.43 bits per heavy atom. The summed E-state index contributed by atoms with van der Waals surface area (Å²) in [5.74, 6) is 1.89. The monoisotopic (exact) mass is 192 g/mol. The van der Waals surface area contributed by atoms with Gasteiger partial charge in [-0.1, -0.05) is 0 Å². The molecule has 14 heavy (non-hydrogen) atoms. The van der Waals surface area contributed by atoms with Crippen LogP contribution in [-0.4, -0.2) is 36.1 Å². The summed E-state index contributed by atoms with van der Waals surface area (Å²) in [5, 5.41) is 3.29. The normalized spacial score (nSPS) is 21.6. The van der Waals surface area contributed by atoms with E-state index in [1.54, 1.807) is 0 Å². The number of nitrogens with one attached hydrogen (secondary N) is 1. The lowest BCUT2D eigenvalue weighted by atomic mass is 10.3. The average Bonchev–Trinajstić information content (AvgIpc) is 2.66. The second-order valence-corrected chi connectivity index (χ2v) is 3.68. The van der Waals surface area contributed by atoms with Gasteiger partial charge in [-0.2, -0.15) is 0 Å². The first-order chi connectivity index (χ1) is 6.79. The van der Waals surface area contributed by atoms with E-state index in [1.807, 2.05) is 26.2 Å². The molecule has 2 heterocycles. The Kier molecular flexibility index (Phi) is 2.63. The molecule has 1 fully saturated rings. The van der Waals surface area contributed by atoms with Crippen molar-refractivity contribution in [1.82, 2.24) is 15.3 Å². The Hall–Kier alpha value is -1.16. The molecule has 4 heteroatoms. The summed E-state index contributed by atoms with van der Waals surface area (Å²) in [5.41, 5.74) is 0. The molecule has 1 aliphatic rings. The Morgan fingerprint density at radius 1 is 1.57 bits per heavy atom. The van der Waals surface area contributed by atoms with E-state index < -0.39 is 0 Å². The third kappa shape index (κ3) is 1.85. The number of rotatable bonds is 2. The standard InChI is InChI=1S/C10H16N4/c1-8-12-5-3-10(13-8)14-6-4-9(7-14)11-2/h3,5,9,11H,4,6-7H2,1-2H3. The van der Waals surface area contributed by atoms with Gasteiger partial charge in [0.1, 0.15) is 11.6 Å². The smallest absolute Gasteiger partial charge is 0.132 e. The zero-order valence-electron chi connectivity index (χ0n) is 8.70. The molecule has 1 aromatic rings. The van der Waals surface area contributed by atoms with Gasteiger partial charge in [0.25, 0.3) is 0 Å². The maximum Gasteiger partial charge on any atom is 0.132 e. The van der Waals surface area contributed by atoms with Gasteiger partial charge in [-0.05, 0) is 26.5 Å². The summed E-state index contributed by atoms with van der Waals surface area (Å²) in [6.07, 6.45) is 3.02. The van der Waals surface area contributed by atoms with Crippen molar-refractivity contribution in [3.8, 4) is 0 Å². The molecule has 0 radical (unpaired) electrons. The maximum atomic E-state index is 4.41. The molecule has 0 aromatic carbocycles. The van der Waals surface area contributed by atoms with Crippen molar-refractivity contribution in [2.24, 2.45) is 0 Å².